The Kier molecular flexibility index (Phi) is 3.40. The van der Waals surface area contributed by atoms with Crippen LogP contribution in [0.1, 0.15) is 25.3 Å². The standard InChI is InChI=1S/C13H16N4O2/c1-13(8-15,10-5-6-10)16-11-4-2-3-9(7-14)12(11)17(18)19/h2-4,10,16H,5-6,8,15H2,1H3. The summed E-state index contributed by atoms with van der Waals surface area (Å²) in [6.45, 7) is 2.36. The van der Waals surface area contributed by atoms with E-state index in [1.807, 2.05) is 13.0 Å². The Balaban J connectivity index is 2.40. The van der Waals surface area contributed by atoms with E-state index in [4.69, 9.17) is 11.0 Å². The van der Waals surface area contributed by atoms with Crippen molar-refractivity contribution < 1.29 is 4.92 Å². The molecule has 6 heteroatoms. The SMILES string of the molecule is CC(CN)(Nc1cccc(C#N)c1[N+](=O)[O-])C1CC1. The second kappa shape index (κ2) is 4.86. The third-order valence-electron chi connectivity index (χ3n) is 3.66. The second-order valence-corrected chi connectivity index (χ2v) is 5.09. The average molecular weight is 260 g/mol. The molecule has 1 fully saturated rings. The summed E-state index contributed by atoms with van der Waals surface area (Å²) in [7, 11) is 0. The summed E-state index contributed by atoms with van der Waals surface area (Å²) < 4.78 is 0. The van der Waals surface area contributed by atoms with Crippen molar-refractivity contribution in [3.8, 4) is 6.07 Å². The minimum Gasteiger partial charge on any atom is -0.373 e. The molecule has 1 aromatic carbocycles. The molecular formula is C13H16N4O2. The van der Waals surface area contributed by atoms with Gasteiger partial charge in [-0.2, -0.15) is 5.26 Å². The fourth-order valence-electron chi connectivity index (χ4n) is 2.28. The first-order valence-electron chi connectivity index (χ1n) is 6.17. The highest BCUT2D eigenvalue weighted by Gasteiger charge is 2.41. The van der Waals surface area contributed by atoms with Gasteiger partial charge in [0.2, 0.25) is 0 Å². The Morgan fingerprint density at radius 2 is 2.32 bits per heavy atom. The Hall–Kier alpha value is -2.13. The fraction of sp³-hybridized carbons (Fsp3) is 0.462. The quantitative estimate of drug-likeness (QED) is 0.622. The normalized spacial score (nSPS) is 17.3. The van der Waals surface area contributed by atoms with Gasteiger partial charge in [-0.25, -0.2) is 0 Å². The molecule has 1 unspecified atom stereocenters. The third kappa shape index (κ3) is 2.51. The van der Waals surface area contributed by atoms with Gasteiger partial charge in [0.15, 0.2) is 0 Å². The molecule has 0 aromatic heterocycles. The van der Waals surface area contributed by atoms with Crippen LogP contribution in [0.25, 0.3) is 0 Å². The number of hydrogen-bond acceptors (Lipinski definition) is 5. The smallest absolute Gasteiger partial charge is 0.309 e. The van der Waals surface area contributed by atoms with E-state index in [0.29, 0.717) is 18.2 Å². The number of hydrogen-bond donors (Lipinski definition) is 2. The van der Waals surface area contributed by atoms with E-state index < -0.39 is 4.92 Å². The van der Waals surface area contributed by atoms with Gasteiger partial charge < -0.3 is 11.1 Å². The lowest BCUT2D eigenvalue weighted by Crippen LogP contribution is -2.44. The van der Waals surface area contributed by atoms with Crippen LogP contribution in [0, 0.1) is 27.4 Å². The summed E-state index contributed by atoms with van der Waals surface area (Å²) in [6.07, 6.45) is 2.15. The molecule has 0 bridgehead atoms. The lowest BCUT2D eigenvalue weighted by molar-refractivity contribution is -0.384. The van der Waals surface area contributed by atoms with Gasteiger partial charge in [0.25, 0.3) is 0 Å². The van der Waals surface area contributed by atoms with Crippen molar-refractivity contribution in [2.75, 3.05) is 11.9 Å². The number of benzene rings is 1. The number of nitro benzene ring substituents is 1. The number of nitriles is 1. The van der Waals surface area contributed by atoms with Crippen LogP contribution in [0.15, 0.2) is 18.2 Å². The van der Waals surface area contributed by atoms with Gasteiger partial charge in [0.1, 0.15) is 17.3 Å². The molecule has 0 heterocycles. The van der Waals surface area contributed by atoms with E-state index in [2.05, 4.69) is 5.32 Å². The molecule has 1 saturated carbocycles. The van der Waals surface area contributed by atoms with Gasteiger partial charge in [-0.05, 0) is 37.8 Å². The molecule has 6 nitrogen and oxygen atoms in total. The molecule has 0 spiro atoms. The third-order valence-corrected chi connectivity index (χ3v) is 3.66. The van der Waals surface area contributed by atoms with E-state index >= 15 is 0 Å². The zero-order valence-electron chi connectivity index (χ0n) is 10.7. The Morgan fingerprint density at radius 1 is 1.63 bits per heavy atom. The van der Waals surface area contributed by atoms with E-state index in [1.165, 1.54) is 6.07 Å². The minimum absolute atomic E-state index is 0.0603. The summed E-state index contributed by atoms with van der Waals surface area (Å²) in [5.74, 6) is 0.433. The predicted octanol–water partition coefficient (Wildman–Crippen LogP) is 2.01. The lowest BCUT2D eigenvalue weighted by atomic mass is 9.95. The molecule has 0 aliphatic heterocycles. The number of nitrogens with one attached hydrogen (secondary N) is 1. The van der Waals surface area contributed by atoms with Gasteiger partial charge in [0, 0.05) is 12.1 Å². The largest absolute Gasteiger partial charge is 0.373 e. The van der Waals surface area contributed by atoms with Crippen molar-refractivity contribution in [3.05, 3.63) is 33.9 Å². The van der Waals surface area contributed by atoms with Crippen LogP contribution in [-0.4, -0.2) is 17.0 Å². The van der Waals surface area contributed by atoms with Crippen molar-refractivity contribution in [2.45, 2.75) is 25.3 Å². The summed E-state index contributed by atoms with van der Waals surface area (Å²) in [5, 5.41) is 23.3. The van der Waals surface area contributed by atoms with Crippen molar-refractivity contribution >= 4 is 11.4 Å². The lowest BCUT2D eigenvalue weighted by Gasteiger charge is -2.30. The minimum atomic E-state index is -0.523. The number of rotatable bonds is 5. The van der Waals surface area contributed by atoms with Crippen LogP contribution in [-0.2, 0) is 0 Å². The highest BCUT2D eigenvalue weighted by molar-refractivity contribution is 5.69. The van der Waals surface area contributed by atoms with E-state index in [-0.39, 0.29) is 16.8 Å². The summed E-state index contributed by atoms with van der Waals surface area (Å²) >= 11 is 0. The van der Waals surface area contributed by atoms with E-state index in [9.17, 15) is 10.1 Å². The molecule has 1 aliphatic rings. The average Bonchev–Trinajstić information content (AvgIpc) is 3.22. The molecule has 0 saturated heterocycles. The zero-order chi connectivity index (χ0) is 14.0. The van der Waals surface area contributed by atoms with Crippen molar-refractivity contribution in [1.29, 1.82) is 5.26 Å². The maximum Gasteiger partial charge on any atom is 0.309 e. The summed E-state index contributed by atoms with van der Waals surface area (Å²) in [5.41, 5.74) is 5.68. The first-order valence-corrected chi connectivity index (χ1v) is 6.17. The van der Waals surface area contributed by atoms with E-state index in [1.54, 1.807) is 12.1 Å². The second-order valence-electron chi connectivity index (χ2n) is 5.09. The molecule has 1 aliphatic carbocycles. The molecule has 1 atom stereocenters. The summed E-state index contributed by atoms with van der Waals surface area (Å²) in [4.78, 5) is 10.6. The molecule has 2 rings (SSSR count). The molecule has 19 heavy (non-hydrogen) atoms. The topological polar surface area (TPSA) is 105 Å². The molecule has 100 valence electrons. The van der Waals surface area contributed by atoms with Gasteiger partial charge in [0.05, 0.1) is 4.92 Å². The van der Waals surface area contributed by atoms with Crippen LogP contribution in [0.2, 0.25) is 0 Å². The first kappa shape index (κ1) is 13.3. The number of nitrogens with two attached hydrogens (primary N) is 1. The Bertz CT molecular complexity index is 548. The van der Waals surface area contributed by atoms with Crippen molar-refractivity contribution in [1.82, 2.24) is 0 Å². The number of nitrogens with zero attached hydrogens (tertiary/aromatic N) is 2. The number of nitro groups is 1. The van der Waals surface area contributed by atoms with E-state index in [0.717, 1.165) is 12.8 Å². The predicted molar refractivity (Wildman–Crippen MR) is 71.6 cm³/mol. The van der Waals surface area contributed by atoms with Gasteiger partial charge in [-0.15, -0.1) is 0 Å². The van der Waals surface area contributed by atoms with Crippen LogP contribution < -0.4 is 11.1 Å². The van der Waals surface area contributed by atoms with Gasteiger partial charge in [-0.1, -0.05) is 6.07 Å². The maximum atomic E-state index is 11.1. The van der Waals surface area contributed by atoms with Crippen molar-refractivity contribution in [2.24, 2.45) is 11.7 Å². The highest BCUT2D eigenvalue weighted by Crippen LogP contribution is 2.42. The molecule has 3 N–H and O–H groups in total. The molecule has 0 radical (unpaired) electrons. The fourth-order valence-corrected chi connectivity index (χ4v) is 2.28. The first-order chi connectivity index (χ1) is 9.01. The van der Waals surface area contributed by atoms with Crippen LogP contribution >= 0.6 is 0 Å². The maximum absolute atomic E-state index is 11.1. The monoisotopic (exact) mass is 260 g/mol. The summed E-state index contributed by atoms with van der Waals surface area (Å²) in [6, 6.07) is 6.55. The Labute approximate surface area is 111 Å². The zero-order valence-corrected chi connectivity index (χ0v) is 10.7. The van der Waals surface area contributed by atoms with Crippen LogP contribution in [0.4, 0.5) is 11.4 Å². The Morgan fingerprint density at radius 3 is 2.79 bits per heavy atom. The van der Waals surface area contributed by atoms with Gasteiger partial charge in [-0.3, -0.25) is 10.1 Å². The molecular weight excluding hydrogens is 244 g/mol. The molecule has 0 amide bonds. The van der Waals surface area contributed by atoms with Crippen LogP contribution in [0.5, 0.6) is 0 Å². The number of anilines is 1. The van der Waals surface area contributed by atoms with Crippen LogP contribution in [0.3, 0.4) is 0 Å². The highest BCUT2D eigenvalue weighted by atomic mass is 16.6. The number of para-hydroxylation sites is 1. The van der Waals surface area contributed by atoms with Gasteiger partial charge >= 0.3 is 5.69 Å². The molecule has 1 aromatic rings. The van der Waals surface area contributed by atoms with Crippen molar-refractivity contribution in [3.63, 3.8) is 0 Å².